The Hall–Kier alpha value is -0.290. The molecule has 20 heavy (non-hydrogen) atoms. The molecule has 5 heteroatoms. The molecule has 1 fully saturated rings. The summed E-state index contributed by atoms with van der Waals surface area (Å²) in [6, 6.07) is 0.449. The minimum absolute atomic E-state index is 0.0660. The van der Waals surface area contributed by atoms with Gasteiger partial charge in [-0.3, -0.25) is 0 Å². The summed E-state index contributed by atoms with van der Waals surface area (Å²) in [5, 5.41) is 3.55. The average Bonchev–Trinajstić information content (AvgIpc) is 2.36. The maximum Gasteiger partial charge on any atom is 0.389 e. The van der Waals surface area contributed by atoms with Crippen molar-refractivity contribution >= 4 is 0 Å². The lowest BCUT2D eigenvalue weighted by Crippen LogP contribution is -2.63. The van der Waals surface area contributed by atoms with Crippen molar-refractivity contribution in [3.05, 3.63) is 0 Å². The van der Waals surface area contributed by atoms with E-state index < -0.39 is 12.6 Å². The van der Waals surface area contributed by atoms with Gasteiger partial charge in [-0.05, 0) is 38.6 Å². The molecule has 0 aromatic carbocycles. The Morgan fingerprint density at radius 1 is 1.20 bits per heavy atom. The Balaban J connectivity index is 2.38. The van der Waals surface area contributed by atoms with Gasteiger partial charge in [-0.25, -0.2) is 0 Å². The van der Waals surface area contributed by atoms with E-state index in [1.54, 1.807) is 0 Å². The van der Waals surface area contributed by atoms with Crippen molar-refractivity contribution in [1.82, 2.24) is 5.32 Å². The van der Waals surface area contributed by atoms with E-state index in [0.29, 0.717) is 6.04 Å². The molecular weight excluding hydrogens is 267 g/mol. The van der Waals surface area contributed by atoms with Gasteiger partial charge in [0.1, 0.15) is 0 Å². The van der Waals surface area contributed by atoms with Gasteiger partial charge in [0.25, 0.3) is 0 Å². The third-order valence-corrected chi connectivity index (χ3v) is 4.67. The number of ether oxygens (including phenoxy) is 1. The van der Waals surface area contributed by atoms with Crippen molar-refractivity contribution in [1.29, 1.82) is 0 Å². The van der Waals surface area contributed by atoms with E-state index in [1.165, 1.54) is 0 Å². The van der Waals surface area contributed by atoms with Crippen LogP contribution < -0.4 is 5.32 Å². The predicted octanol–water partition coefficient (Wildman–Crippen LogP) is 4.29. The Morgan fingerprint density at radius 3 is 2.35 bits per heavy atom. The van der Waals surface area contributed by atoms with Crippen LogP contribution in [0.3, 0.4) is 0 Å². The minimum Gasteiger partial charge on any atom is -0.378 e. The average molecular weight is 295 g/mol. The molecule has 2 nitrogen and oxygen atoms in total. The molecule has 1 N–H and O–H groups in total. The van der Waals surface area contributed by atoms with Crippen LogP contribution in [-0.2, 0) is 4.74 Å². The van der Waals surface area contributed by atoms with Crippen molar-refractivity contribution in [2.24, 2.45) is 5.41 Å². The van der Waals surface area contributed by atoms with Crippen LogP contribution in [0.4, 0.5) is 13.2 Å². The molecule has 1 saturated carbocycles. The van der Waals surface area contributed by atoms with E-state index in [4.69, 9.17) is 4.74 Å². The highest BCUT2D eigenvalue weighted by Gasteiger charge is 2.52. The topological polar surface area (TPSA) is 21.3 Å². The Morgan fingerprint density at radius 2 is 1.85 bits per heavy atom. The molecule has 0 bridgehead atoms. The summed E-state index contributed by atoms with van der Waals surface area (Å²) < 4.78 is 42.0. The van der Waals surface area contributed by atoms with E-state index in [-0.39, 0.29) is 24.5 Å². The molecule has 0 aromatic heterocycles. The molecule has 0 aromatic rings. The van der Waals surface area contributed by atoms with Crippen LogP contribution in [0, 0.1) is 5.41 Å². The van der Waals surface area contributed by atoms with Crippen LogP contribution in [-0.4, -0.2) is 31.5 Å². The number of alkyl halides is 3. The van der Waals surface area contributed by atoms with E-state index >= 15 is 0 Å². The molecule has 0 amide bonds. The van der Waals surface area contributed by atoms with Crippen LogP contribution in [0.25, 0.3) is 0 Å². The highest BCUT2D eigenvalue weighted by molar-refractivity contribution is 5.06. The SMILES string of the molecule is CCCNC1CC(OCCCC(F)(F)F)C1(CC)CC. The van der Waals surface area contributed by atoms with E-state index in [2.05, 4.69) is 26.1 Å². The maximum atomic E-state index is 12.1. The fourth-order valence-corrected chi connectivity index (χ4v) is 3.28. The zero-order chi connectivity index (χ0) is 15.2. The van der Waals surface area contributed by atoms with E-state index in [9.17, 15) is 13.2 Å². The summed E-state index contributed by atoms with van der Waals surface area (Å²) >= 11 is 0. The number of halogens is 3. The Kier molecular flexibility index (Phi) is 6.79. The monoisotopic (exact) mass is 295 g/mol. The molecule has 0 aliphatic heterocycles. The first-order valence-electron chi connectivity index (χ1n) is 7.81. The molecule has 1 rings (SSSR count). The predicted molar refractivity (Wildman–Crippen MR) is 74.7 cm³/mol. The van der Waals surface area contributed by atoms with Crippen LogP contribution in [0.15, 0.2) is 0 Å². The van der Waals surface area contributed by atoms with Gasteiger partial charge in [0.15, 0.2) is 0 Å². The van der Waals surface area contributed by atoms with Crippen molar-refractivity contribution in [3.8, 4) is 0 Å². The lowest BCUT2D eigenvalue weighted by atomic mass is 9.58. The normalized spacial score (nSPS) is 25.5. The van der Waals surface area contributed by atoms with Crippen molar-refractivity contribution in [2.45, 2.75) is 77.6 Å². The van der Waals surface area contributed by atoms with Gasteiger partial charge in [0.05, 0.1) is 6.10 Å². The third-order valence-electron chi connectivity index (χ3n) is 4.67. The van der Waals surface area contributed by atoms with E-state index in [0.717, 1.165) is 32.2 Å². The molecule has 1 aliphatic carbocycles. The van der Waals surface area contributed by atoms with Gasteiger partial charge in [-0.1, -0.05) is 20.8 Å². The number of nitrogens with one attached hydrogen (secondary N) is 1. The van der Waals surface area contributed by atoms with Crippen LogP contribution >= 0.6 is 0 Å². The number of rotatable bonds is 9. The molecule has 1 aliphatic rings. The van der Waals surface area contributed by atoms with Crippen LogP contribution in [0.1, 0.15) is 59.3 Å². The Labute approximate surface area is 120 Å². The van der Waals surface area contributed by atoms with Crippen LogP contribution in [0.5, 0.6) is 0 Å². The summed E-state index contributed by atoms with van der Waals surface area (Å²) in [6.07, 6.45) is -0.603. The van der Waals surface area contributed by atoms with Gasteiger partial charge in [-0.15, -0.1) is 0 Å². The van der Waals surface area contributed by atoms with E-state index in [1.807, 2.05) is 0 Å². The molecule has 2 atom stereocenters. The summed E-state index contributed by atoms with van der Waals surface area (Å²) in [5.74, 6) is 0. The zero-order valence-electron chi connectivity index (χ0n) is 12.9. The summed E-state index contributed by atoms with van der Waals surface area (Å²) in [6.45, 7) is 7.64. The number of hydrogen-bond acceptors (Lipinski definition) is 2. The van der Waals surface area contributed by atoms with Gasteiger partial charge >= 0.3 is 6.18 Å². The van der Waals surface area contributed by atoms with Gasteiger partial charge in [0.2, 0.25) is 0 Å². The summed E-state index contributed by atoms with van der Waals surface area (Å²) in [7, 11) is 0. The molecule has 0 heterocycles. The second-order valence-corrected chi connectivity index (χ2v) is 5.76. The van der Waals surface area contributed by atoms with Gasteiger partial charge in [-0.2, -0.15) is 13.2 Å². The quantitative estimate of drug-likeness (QED) is 0.641. The summed E-state index contributed by atoms with van der Waals surface area (Å²) in [4.78, 5) is 0. The lowest BCUT2D eigenvalue weighted by Gasteiger charge is -2.55. The molecule has 2 unspecified atom stereocenters. The lowest BCUT2D eigenvalue weighted by molar-refractivity contribution is -0.158. The standard InChI is InChI=1S/C15H28F3NO/c1-4-9-19-12-11-13(14(12,5-2)6-3)20-10-7-8-15(16,17)18/h12-13,19H,4-11H2,1-3H3. The fourth-order valence-electron chi connectivity index (χ4n) is 3.28. The second kappa shape index (κ2) is 7.64. The van der Waals surface area contributed by atoms with Gasteiger partial charge < -0.3 is 10.1 Å². The zero-order valence-corrected chi connectivity index (χ0v) is 12.9. The third kappa shape index (κ3) is 4.35. The highest BCUT2D eigenvalue weighted by Crippen LogP contribution is 2.49. The first kappa shape index (κ1) is 17.8. The molecule has 120 valence electrons. The van der Waals surface area contributed by atoms with Crippen molar-refractivity contribution < 1.29 is 17.9 Å². The number of hydrogen-bond donors (Lipinski definition) is 1. The molecule has 0 saturated heterocycles. The molecular formula is C15H28F3NO. The minimum atomic E-state index is -4.07. The fraction of sp³-hybridized carbons (Fsp3) is 1.00. The first-order valence-corrected chi connectivity index (χ1v) is 7.81. The van der Waals surface area contributed by atoms with Crippen molar-refractivity contribution in [3.63, 3.8) is 0 Å². The first-order chi connectivity index (χ1) is 9.39. The van der Waals surface area contributed by atoms with Gasteiger partial charge in [0, 0.05) is 24.5 Å². The molecule has 0 radical (unpaired) electrons. The highest BCUT2D eigenvalue weighted by atomic mass is 19.4. The largest absolute Gasteiger partial charge is 0.389 e. The second-order valence-electron chi connectivity index (χ2n) is 5.76. The molecule has 0 spiro atoms. The summed E-state index contributed by atoms with van der Waals surface area (Å²) in [5.41, 5.74) is 0.105. The maximum absolute atomic E-state index is 12.1. The Bertz CT molecular complexity index is 277. The smallest absolute Gasteiger partial charge is 0.378 e. The van der Waals surface area contributed by atoms with Crippen LogP contribution in [0.2, 0.25) is 0 Å². The van der Waals surface area contributed by atoms with Crippen molar-refractivity contribution in [2.75, 3.05) is 13.2 Å².